The first-order valence-electron chi connectivity index (χ1n) is 6.58. The van der Waals surface area contributed by atoms with Gasteiger partial charge in [0.15, 0.2) is 5.78 Å². The van der Waals surface area contributed by atoms with E-state index in [-0.39, 0.29) is 17.6 Å². The van der Waals surface area contributed by atoms with Crippen molar-refractivity contribution >= 4 is 17.4 Å². The van der Waals surface area contributed by atoms with Crippen LogP contribution in [0.3, 0.4) is 0 Å². The average molecular weight is 245 g/mol. The summed E-state index contributed by atoms with van der Waals surface area (Å²) in [5, 5.41) is 0. The third kappa shape index (κ3) is 2.30. The Labute approximate surface area is 108 Å². The normalized spacial score (nSPS) is 17.0. The molecular formula is C15H19NO2. The molecule has 1 atom stereocenters. The summed E-state index contributed by atoms with van der Waals surface area (Å²) in [4.78, 5) is 26.1. The SMILES string of the molecule is CCC(C)C(=O)N1CCCC(=O)c2ccccc21. The van der Waals surface area contributed by atoms with Gasteiger partial charge in [0.25, 0.3) is 0 Å². The maximum absolute atomic E-state index is 12.4. The van der Waals surface area contributed by atoms with Crippen LogP contribution in [-0.2, 0) is 4.79 Å². The summed E-state index contributed by atoms with van der Waals surface area (Å²) in [6, 6.07) is 7.43. The lowest BCUT2D eigenvalue weighted by Gasteiger charge is -2.25. The average Bonchev–Trinajstić information content (AvgIpc) is 2.57. The van der Waals surface area contributed by atoms with Crippen LogP contribution in [0.4, 0.5) is 5.69 Å². The van der Waals surface area contributed by atoms with Gasteiger partial charge in [0.2, 0.25) is 5.91 Å². The predicted molar refractivity (Wildman–Crippen MR) is 71.8 cm³/mol. The van der Waals surface area contributed by atoms with Gasteiger partial charge in [0.1, 0.15) is 0 Å². The van der Waals surface area contributed by atoms with Crippen LogP contribution in [0, 0.1) is 5.92 Å². The number of amides is 1. The molecule has 3 nitrogen and oxygen atoms in total. The minimum absolute atomic E-state index is 0.00579. The molecule has 1 aromatic carbocycles. The van der Waals surface area contributed by atoms with E-state index in [1.54, 1.807) is 4.90 Å². The minimum Gasteiger partial charge on any atom is -0.311 e. The molecule has 0 aromatic heterocycles. The monoisotopic (exact) mass is 245 g/mol. The third-order valence-electron chi connectivity index (χ3n) is 3.58. The first-order valence-corrected chi connectivity index (χ1v) is 6.58. The van der Waals surface area contributed by atoms with Crippen LogP contribution in [0.5, 0.6) is 0 Å². The molecule has 0 saturated heterocycles. The van der Waals surface area contributed by atoms with Crippen LogP contribution in [0.25, 0.3) is 0 Å². The van der Waals surface area contributed by atoms with E-state index < -0.39 is 0 Å². The first-order chi connectivity index (χ1) is 8.65. The van der Waals surface area contributed by atoms with Gasteiger partial charge >= 0.3 is 0 Å². The number of hydrogen-bond acceptors (Lipinski definition) is 2. The number of rotatable bonds is 2. The van der Waals surface area contributed by atoms with E-state index in [1.807, 2.05) is 38.1 Å². The second kappa shape index (κ2) is 5.34. The molecular weight excluding hydrogens is 226 g/mol. The molecule has 18 heavy (non-hydrogen) atoms. The van der Waals surface area contributed by atoms with Crippen molar-refractivity contribution in [1.82, 2.24) is 0 Å². The Morgan fingerprint density at radius 1 is 1.39 bits per heavy atom. The summed E-state index contributed by atoms with van der Waals surface area (Å²) < 4.78 is 0. The van der Waals surface area contributed by atoms with Gasteiger partial charge in [-0.25, -0.2) is 0 Å². The highest BCUT2D eigenvalue weighted by Gasteiger charge is 2.26. The number of ketones is 1. The molecule has 0 N–H and O–H groups in total. The summed E-state index contributed by atoms with van der Waals surface area (Å²) >= 11 is 0. The molecule has 0 bridgehead atoms. The molecule has 96 valence electrons. The number of carbonyl (C=O) groups is 2. The van der Waals surface area contributed by atoms with Crippen LogP contribution < -0.4 is 4.90 Å². The topological polar surface area (TPSA) is 37.4 Å². The van der Waals surface area contributed by atoms with E-state index >= 15 is 0 Å². The molecule has 0 aliphatic carbocycles. The highest BCUT2D eigenvalue weighted by Crippen LogP contribution is 2.27. The predicted octanol–water partition coefficient (Wildman–Crippen LogP) is 3.04. The Balaban J connectivity index is 2.40. The first kappa shape index (κ1) is 12.8. The second-order valence-electron chi connectivity index (χ2n) is 4.84. The zero-order valence-corrected chi connectivity index (χ0v) is 11.0. The Kier molecular flexibility index (Phi) is 3.80. The molecule has 1 heterocycles. The molecule has 3 heteroatoms. The molecule has 1 aliphatic heterocycles. The Bertz CT molecular complexity index is 467. The molecule has 1 aromatic rings. The smallest absolute Gasteiger partial charge is 0.229 e. The number of carbonyl (C=O) groups excluding carboxylic acids is 2. The maximum atomic E-state index is 12.4. The molecule has 2 rings (SSSR count). The zero-order valence-electron chi connectivity index (χ0n) is 11.0. The summed E-state index contributed by atoms with van der Waals surface area (Å²) in [7, 11) is 0. The van der Waals surface area contributed by atoms with Crippen molar-refractivity contribution in [2.24, 2.45) is 5.92 Å². The minimum atomic E-state index is 0.00579. The highest BCUT2D eigenvalue weighted by molar-refractivity contribution is 6.07. The van der Waals surface area contributed by atoms with Crippen molar-refractivity contribution in [3.8, 4) is 0 Å². The van der Waals surface area contributed by atoms with Crippen LogP contribution in [0.1, 0.15) is 43.5 Å². The van der Waals surface area contributed by atoms with E-state index in [0.717, 1.165) is 18.5 Å². The number of Topliss-reactive ketones (excluding diaryl/α,β-unsaturated/α-hetero) is 1. The van der Waals surface area contributed by atoms with Gasteiger partial charge in [-0.05, 0) is 25.0 Å². The summed E-state index contributed by atoms with van der Waals surface area (Å²) in [5.41, 5.74) is 1.47. The number of fused-ring (bicyclic) bond motifs is 1. The number of benzene rings is 1. The van der Waals surface area contributed by atoms with Gasteiger partial charge in [-0.15, -0.1) is 0 Å². The molecule has 0 spiro atoms. The second-order valence-corrected chi connectivity index (χ2v) is 4.84. The van der Waals surface area contributed by atoms with Crippen molar-refractivity contribution in [3.05, 3.63) is 29.8 Å². The molecule has 1 aliphatic rings. The number of hydrogen-bond donors (Lipinski definition) is 0. The van der Waals surface area contributed by atoms with Gasteiger partial charge < -0.3 is 4.90 Å². The standard InChI is InChI=1S/C15H19NO2/c1-3-11(2)15(18)16-10-6-9-14(17)12-7-4-5-8-13(12)16/h4-5,7-8,11H,3,6,9-10H2,1-2H3. The van der Waals surface area contributed by atoms with Gasteiger partial charge in [-0.2, -0.15) is 0 Å². The van der Waals surface area contributed by atoms with Crippen molar-refractivity contribution in [1.29, 1.82) is 0 Å². The summed E-state index contributed by atoms with van der Waals surface area (Å²) in [6.45, 7) is 4.60. The van der Waals surface area contributed by atoms with Gasteiger partial charge in [-0.1, -0.05) is 26.0 Å². The number of anilines is 1. The van der Waals surface area contributed by atoms with Crippen molar-refractivity contribution in [2.45, 2.75) is 33.1 Å². The summed E-state index contributed by atoms with van der Waals surface area (Å²) in [5.74, 6) is 0.274. The maximum Gasteiger partial charge on any atom is 0.229 e. The fourth-order valence-electron chi connectivity index (χ4n) is 2.27. The molecule has 0 radical (unpaired) electrons. The van der Waals surface area contributed by atoms with Crippen molar-refractivity contribution in [3.63, 3.8) is 0 Å². The van der Waals surface area contributed by atoms with Crippen LogP contribution in [0.15, 0.2) is 24.3 Å². The lowest BCUT2D eigenvalue weighted by molar-refractivity contribution is -0.122. The van der Waals surface area contributed by atoms with Crippen molar-refractivity contribution in [2.75, 3.05) is 11.4 Å². The lowest BCUT2D eigenvalue weighted by atomic mass is 10.0. The molecule has 0 saturated carbocycles. The van der Waals surface area contributed by atoms with Crippen LogP contribution in [-0.4, -0.2) is 18.2 Å². The Hall–Kier alpha value is -1.64. The Morgan fingerprint density at radius 2 is 2.11 bits per heavy atom. The zero-order chi connectivity index (χ0) is 13.1. The third-order valence-corrected chi connectivity index (χ3v) is 3.58. The van der Waals surface area contributed by atoms with E-state index in [0.29, 0.717) is 18.5 Å². The van der Waals surface area contributed by atoms with Crippen molar-refractivity contribution < 1.29 is 9.59 Å². The fourth-order valence-corrected chi connectivity index (χ4v) is 2.27. The van der Waals surface area contributed by atoms with E-state index in [1.165, 1.54) is 0 Å². The van der Waals surface area contributed by atoms with Gasteiger partial charge in [0.05, 0.1) is 5.69 Å². The summed E-state index contributed by atoms with van der Waals surface area (Å²) in [6.07, 6.45) is 2.10. The molecule has 0 fully saturated rings. The fraction of sp³-hybridized carbons (Fsp3) is 0.467. The van der Waals surface area contributed by atoms with E-state index in [2.05, 4.69) is 0 Å². The van der Waals surface area contributed by atoms with E-state index in [9.17, 15) is 9.59 Å². The van der Waals surface area contributed by atoms with Gasteiger partial charge in [-0.3, -0.25) is 9.59 Å². The number of nitrogens with zero attached hydrogens (tertiary/aromatic N) is 1. The van der Waals surface area contributed by atoms with Gasteiger partial charge in [0, 0.05) is 24.4 Å². The highest BCUT2D eigenvalue weighted by atomic mass is 16.2. The molecule has 1 unspecified atom stereocenters. The van der Waals surface area contributed by atoms with E-state index in [4.69, 9.17) is 0 Å². The number of para-hydroxylation sites is 1. The van der Waals surface area contributed by atoms with Crippen LogP contribution >= 0.6 is 0 Å². The largest absolute Gasteiger partial charge is 0.311 e. The lowest BCUT2D eigenvalue weighted by Crippen LogP contribution is -2.35. The quantitative estimate of drug-likeness (QED) is 0.803. The van der Waals surface area contributed by atoms with Crippen LogP contribution in [0.2, 0.25) is 0 Å². The Morgan fingerprint density at radius 3 is 2.83 bits per heavy atom. The molecule has 1 amide bonds.